The van der Waals surface area contributed by atoms with Gasteiger partial charge in [0.15, 0.2) is 5.11 Å². The number of pyridine rings is 1. The molecule has 3 heterocycles. The van der Waals surface area contributed by atoms with Crippen LogP contribution in [-0.2, 0) is 4.79 Å². The molecule has 0 aliphatic carbocycles. The second-order valence-corrected chi connectivity index (χ2v) is 9.88. The number of hydrogen-bond donors (Lipinski definition) is 3. The Morgan fingerprint density at radius 2 is 1.74 bits per heavy atom. The molecular formula is C30H29N5O3S. The topological polar surface area (TPSA) is 99.5 Å². The molecule has 2 aromatic carbocycles. The number of nitrogens with zero attached hydrogens (tertiary/aromatic N) is 3. The lowest BCUT2D eigenvalue weighted by Crippen LogP contribution is -2.32. The van der Waals surface area contributed by atoms with E-state index in [4.69, 9.17) is 12.2 Å². The van der Waals surface area contributed by atoms with Gasteiger partial charge in [-0.3, -0.25) is 9.78 Å². The maximum absolute atomic E-state index is 12.8. The van der Waals surface area contributed by atoms with E-state index in [1.54, 1.807) is 18.3 Å². The molecule has 0 bridgehead atoms. The molecule has 4 aromatic rings. The van der Waals surface area contributed by atoms with E-state index in [1.165, 1.54) is 0 Å². The lowest BCUT2D eigenvalue weighted by Gasteiger charge is -2.28. The van der Waals surface area contributed by atoms with E-state index in [-0.39, 0.29) is 30.0 Å². The molecule has 0 saturated carbocycles. The Morgan fingerprint density at radius 3 is 2.41 bits per heavy atom. The number of benzene rings is 2. The number of amides is 1. The fourth-order valence-corrected chi connectivity index (χ4v) is 5.52. The average Bonchev–Trinajstić information content (AvgIpc) is 3.42. The van der Waals surface area contributed by atoms with Crippen molar-refractivity contribution in [3.63, 3.8) is 0 Å². The van der Waals surface area contributed by atoms with Gasteiger partial charge in [-0.2, -0.15) is 0 Å². The Bertz CT molecular complexity index is 1500. The molecule has 3 N–H and O–H groups in total. The highest BCUT2D eigenvalue weighted by atomic mass is 32.1. The highest BCUT2D eigenvalue weighted by Gasteiger charge is 2.41. The van der Waals surface area contributed by atoms with Crippen LogP contribution < -0.4 is 10.6 Å². The zero-order valence-corrected chi connectivity index (χ0v) is 22.5. The smallest absolute Gasteiger partial charge is 0.335 e. The minimum atomic E-state index is -0.959. The summed E-state index contributed by atoms with van der Waals surface area (Å²) in [4.78, 5) is 30.8. The number of aryl methyl sites for hydroxylation is 1. The minimum absolute atomic E-state index is 0.0898. The van der Waals surface area contributed by atoms with E-state index in [0.29, 0.717) is 11.7 Å². The Kier molecular flexibility index (Phi) is 7.42. The van der Waals surface area contributed by atoms with E-state index in [1.807, 2.05) is 74.5 Å². The number of thiocarbonyl (C=S) groups is 1. The SMILES string of the molecule is Cc1cc([C@@H]2[C@@H](c3ccccn3)NC(=S)N2CCC(=O)Nc2ccccc2)c(C)n1-c1ccc(C(=O)O)cc1. The third kappa shape index (κ3) is 5.39. The van der Waals surface area contributed by atoms with Crippen molar-refractivity contribution in [1.29, 1.82) is 0 Å². The van der Waals surface area contributed by atoms with Crippen molar-refractivity contribution in [3.8, 4) is 5.69 Å². The first-order valence-corrected chi connectivity index (χ1v) is 13.1. The number of carbonyl (C=O) groups is 2. The van der Waals surface area contributed by atoms with Gasteiger partial charge in [-0.1, -0.05) is 24.3 Å². The van der Waals surface area contributed by atoms with Gasteiger partial charge in [0.1, 0.15) is 0 Å². The Balaban J connectivity index is 1.47. The molecular weight excluding hydrogens is 510 g/mol. The molecule has 2 aromatic heterocycles. The molecule has 1 fully saturated rings. The second kappa shape index (κ2) is 11.1. The standard InChI is InChI=1S/C30H29N5O3S/c1-19-18-24(20(2)35(19)23-13-11-21(12-14-23)29(37)38)28-27(25-10-6-7-16-31-25)33-30(39)34(28)17-15-26(36)32-22-8-4-3-5-9-22/h3-14,16,18,27-28H,15,17H2,1-2H3,(H,32,36)(H,33,39)(H,37,38)/t27-,28-/m1/s1. The molecule has 2 atom stereocenters. The van der Waals surface area contributed by atoms with Gasteiger partial charge in [0.2, 0.25) is 5.91 Å². The van der Waals surface area contributed by atoms with Gasteiger partial charge in [-0.15, -0.1) is 0 Å². The molecule has 5 rings (SSSR count). The van der Waals surface area contributed by atoms with Crippen molar-refractivity contribution in [2.75, 3.05) is 11.9 Å². The van der Waals surface area contributed by atoms with Gasteiger partial charge in [-0.25, -0.2) is 4.79 Å². The summed E-state index contributed by atoms with van der Waals surface area (Å²) in [7, 11) is 0. The Hall–Kier alpha value is -4.50. The van der Waals surface area contributed by atoms with Crippen LogP contribution in [0.15, 0.2) is 85.1 Å². The van der Waals surface area contributed by atoms with Gasteiger partial charge in [0.05, 0.1) is 23.3 Å². The van der Waals surface area contributed by atoms with Gasteiger partial charge in [0, 0.05) is 41.9 Å². The van der Waals surface area contributed by atoms with E-state index >= 15 is 0 Å². The predicted molar refractivity (Wildman–Crippen MR) is 154 cm³/mol. The largest absolute Gasteiger partial charge is 0.478 e. The van der Waals surface area contributed by atoms with E-state index in [2.05, 4.69) is 31.2 Å². The number of carboxylic acids is 1. The van der Waals surface area contributed by atoms with Gasteiger partial charge in [0.25, 0.3) is 0 Å². The molecule has 1 amide bonds. The van der Waals surface area contributed by atoms with Crippen molar-refractivity contribution in [2.45, 2.75) is 32.4 Å². The summed E-state index contributed by atoms with van der Waals surface area (Å²) < 4.78 is 2.11. The summed E-state index contributed by atoms with van der Waals surface area (Å²) in [6.45, 7) is 4.50. The number of carboxylic acid groups (broad SMARTS) is 1. The first-order valence-electron chi connectivity index (χ1n) is 12.7. The normalized spacial score (nSPS) is 16.7. The summed E-state index contributed by atoms with van der Waals surface area (Å²) in [5.74, 6) is -1.05. The molecule has 0 spiro atoms. The number of aromatic nitrogens is 2. The Morgan fingerprint density at radius 1 is 1.03 bits per heavy atom. The summed E-state index contributed by atoms with van der Waals surface area (Å²) >= 11 is 5.78. The van der Waals surface area contributed by atoms with Crippen LogP contribution in [0.2, 0.25) is 0 Å². The summed E-state index contributed by atoms with van der Waals surface area (Å²) in [5.41, 5.74) is 5.79. The first kappa shape index (κ1) is 26.1. The highest BCUT2D eigenvalue weighted by Crippen LogP contribution is 2.41. The third-order valence-electron chi connectivity index (χ3n) is 7.00. The van der Waals surface area contributed by atoms with E-state index in [9.17, 15) is 14.7 Å². The van der Waals surface area contributed by atoms with Crippen molar-refractivity contribution < 1.29 is 14.7 Å². The van der Waals surface area contributed by atoms with E-state index in [0.717, 1.165) is 34.0 Å². The number of anilines is 1. The van der Waals surface area contributed by atoms with Crippen LogP contribution >= 0.6 is 12.2 Å². The maximum atomic E-state index is 12.8. The van der Waals surface area contributed by atoms with E-state index < -0.39 is 5.97 Å². The zero-order chi connectivity index (χ0) is 27.5. The van der Waals surface area contributed by atoms with Crippen LogP contribution in [0, 0.1) is 13.8 Å². The third-order valence-corrected chi connectivity index (χ3v) is 7.35. The predicted octanol–water partition coefficient (Wildman–Crippen LogP) is 5.19. The van der Waals surface area contributed by atoms with Gasteiger partial charge < -0.3 is 25.2 Å². The van der Waals surface area contributed by atoms with Crippen LogP contribution in [0.4, 0.5) is 5.69 Å². The van der Waals surface area contributed by atoms with Crippen LogP contribution in [0.3, 0.4) is 0 Å². The number of hydrogen-bond acceptors (Lipinski definition) is 4. The van der Waals surface area contributed by atoms with Gasteiger partial charge >= 0.3 is 5.97 Å². The van der Waals surface area contributed by atoms with Crippen molar-refractivity contribution in [2.24, 2.45) is 0 Å². The molecule has 1 aliphatic rings. The van der Waals surface area contributed by atoms with Crippen LogP contribution in [0.5, 0.6) is 0 Å². The summed E-state index contributed by atoms with van der Waals surface area (Å²) in [5, 5.41) is 16.3. The Labute approximate surface area is 232 Å². The van der Waals surface area contributed by atoms with Crippen molar-refractivity contribution in [1.82, 2.24) is 19.8 Å². The first-order chi connectivity index (χ1) is 18.8. The van der Waals surface area contributed by atoms with Crippen molar-refractivity contribution >= 4 is 34.9 Å². The fourth-order valence-electron chi connectivity index (χ4n) is 5.19. The van der Waals surface area contributed by atoms with Crippen LogP contribution in [0.1, 0.15) is 51.5 Å². The zero-order valence-electron chi connectivity index (χ0n) is 21.7. The van der Waals surface area contributed by atoms with Crippen LogP contribution in [0.25, 0.3) is 5.69 Å². The molecule has 8 nitrogen and oxygen atoms in total. The summed E-state index contributed by atoms with van der Waals surface area (Å²) in [6.07, 6.45) is 2.03. The molecule has 0 unspecified atom stereocenters. The van der Waals surface area contributed by atoms with Crippen LogP contribution in [-0.4, -0.2) is 43.1 Å². The average molecular weight is 540 g/mol. The highest BCUT2D eigenvalue weighted by molar-refractivity contribution is 7.80. The lowest BCUT2D eigenvalue weighted by molar-refractivity contribution is -0.116. The molecule has 198 valence electrons. The maximum Gasteiger partial charge on any atom is 0.335 e. The lowest BCUT2D eigenvalue weighted by atomic mass is 9.96. The second-order valence-electron chi connectivity index (χ2n) is 9.50. The minimum Gasteiger partial charge on any atom is -0.478 e. The van der Waals surface area contributed by atoms with Gasteiger partial charge in [-0.05, 0) is 86.2 Å². The quantitative estimate of drug-likeness (QED) is 0.265. The number of para-hydroxylation sites is 1. The number of carbonyl (C=O) groups excluding carboxylic acids is 1. The number of rotatable bonds is 8. The molecule has 0 radical (unpaired) electrons. The number of nitrogens with one attached hydrogen (secondary N) is 2. The van der Waals surface area contributed by atoms with Crippen molar-refractivity contribution in [3.05, 3.63) is 113 Å². The monoisotopic (exact) mass is 539 g/mol. The fraction of sp³-hybridized carbons (Fsp3) is 0.200. The molecule has 1 saturated heterocycles. The molecule has 1 aliphatic heterocycles. The molecule has 9 heteroatoms. The molecule has 39 heavy (non-hydrogen) atoms. The number of aromatic carboxylic acids is 1. The summed E-state index contributed by atoms with van der Waals surface area (Å²) in [6, 6.07) is 23.8.